The molecule has 1 fully saturated rings. The van der Waals surface area contributed by atoms with Crippen molar-refractivity contribution in [2.24, 2.45) is 5.73 Å². The predicted molar refractivity (Wildman–Crippen MR) is 71.0 cm³/mol. The molecule has 0 aromatic carbocycles. The smallest absolute Gasteiger partial charge is 0.252 e. The van der Waals surface area contributed by atoms with Gasteiger partial charge in [0.2, 0.25) is 0 Å². The highest BCUT2D eigenvalue weighted by molar-refractivity contribution is 7.91. The lowest BCUT2D eigenvalue weighted by Gasteiger charge is -2.37. The number of nitrogens with two attached hydrogens (primary N) is 1. The predicted octanol–water partition coefficient (Wildman–Crippen LogP) is 1.01. The van der Waals surface area contributed by atoms with Crippen LogP contribution < -0.4 is 5.73 Å². The van der Waals surface area contributed by atoms with E-state index in [9.17, 15) is 8.42 Å². The van der Waals surface area contributed by atoms with Gasteiger partial charge in [0.25, 0.3) is 10.0 Å². The van der Waals surface area contributed by atoms with Crippen LogP contribution in [0.25, 0.3) is 0 Å². The second kappa shape index (κ2) is 4.90. The van der Waals surface area contributed by atoms with Crippen LogP contribution in [0.5, 0.6) is 0 Å². The molecule has 0 amide bonds. The van der Waals surface area contributed by atoms with E-state index in [4.69, 9.17) is 10.5 Å². The molecular weight excluding hydrogens is 272 g/mol. The highest BCUT2D eigenvalue weighted by atomic mass is 32.2. The fraction of sp³-hybridized carbons (Fsp3) is 0.636. The molecule has 1 saturated heterocycles. The van der Waals surface area contributed by atoms with Crippen LogP contribution in [0, 0.1) is 0 Å². The Bertz CT molecular complexity index is 522. The minimum Gasteiger partial charge on any atom is -0.373 e. The number of hydrogen-bond acceptors (Lipinski definition) is 5. The van der Waals surface area contributed by atoms with Gasteiger partial charge in [-0.25, -0.2) is 8.42 Å². The van der Waals surface area contributed by atoms with E-state index in [1.165, 1.54) is 15.6 Å². The standard InChI is InChI=1S/C11H18N2O3S2/c1-11(2)8-13(3-4-16-11)18(14,15)10-5-9(6-12)7-17-10/h5,7H,3-4,6,8,12H2,1-2H3. The molecule has 2 heterocycles. The van der Waals surface area contributed by atoms with Crippen LogP contribution in [0.15, 0.2) is 15.7 Å². The zero-order chi connectivity index (χ0) is 13.4. The Morgan fingerprint density at radius 2 is 2.28 bits per heavy atom. The van der Waals surface area contributed by atoms with E-state index in [-0.39, 0.29) is 0 Å². The third kappa shape index (κ3) is 2.75. The SMILES string of the molecule is CC1(C)CN(S(=O)(=O)c2cc(CN)cs2)CCO1. The lowest BCUT2D eigenvalue weighted by molar-refractivity contribution is -0.0639. The van der Waals surface area contributed by atoms with Crippen molar-refractivity contribution in [2.75, 3.05) is 19.7 Å². The summed E-state index contributed by atoms with van der Waals surface area (Å²) in [5.41, 5.74) is 5.93. The van der Waals surface area contributed by atoms with Crippen molar-refractivity contribution in [3.63, 3.8) is 0 Å². The summed E-state index contributed by atoms with van der Waals surface area (Å²) in [5.74, 6) is 0. The molecule has 1 aliphatic rings. The lowest BCUT2D eigenvalue weighted by Crippen LogP contribution is -2.50. The minimum absolute atomic E-state index is 0.362. The van der Waals surface area contributed by atoms with E-state index in [2.05, 4.69) is 0 Å². The first-order valence-corrected chi connectivity index (χ1v) is 8.09. The summed E-state index contributed by atoms with van der Waals surface area (Å²) in [5, 5.41) is 1.79. The Hall–Kier alpha value is -0.470. The molecule has 2 N–H and O–H groups in total. The van der Waals surface area contributed by atoms with Crippen LogP contribution in [-0.4, -0.2) is 38.0 Å². The highest BCUT2D eigenvalue weighted by Crippen LogP contribution is 2.27. The van der Waals surface area contributed by atoms with Crippen LogP contribution in [0.4, 0.5) is 0 Å². The van der Waals surface area contributed by atoms with Crippen molar-refractivity contribution < 1.29 is 13.2 Å². The fourth-order valence-electron chi connectivity index (χ4n) is 1.90. The normalized spacial score (nSPS) is 21.1. The third-order valence-corrected chi connectivity index (χ3v) is 6.16. The van der Waals surface area contributed by atoms with E-state index < -0.39 is 15.6 Å². The number of ether oxygens (including phenoxy) is 1. The van der Waals surface area contributed by atoms with Gasteiger partial charge in [0, 0.05) is 19.6 Å². The molecule has 0 bridgehead atoms. The Morgan fingerprint density at radius 1 is 1.56 bits per heavy atom. The first kappa shape index (κ1) is 14.0. The van der Waals surface area contributed by atoms with Gasteiger partial charge in [-0.1, -0.05) is 0 Å². The van der Waals surface area contributed by atoms with Gasteiger partial charge in [-0.3, -0.25) is 0 Å². The number of nitrogens with zero attached hydrogens (tertiary/aromatic N) is 1. The van der Waals surface area contributed by atoms with Gasteiger partial charge in [0.15, 0.2) is 0 Å². The molecule has 7 heteroatoms. The van der Waals surface area contributed by atoms with Crippen molar-refractivity contribution >= 4 is 21.4 Å². The first-order chi connectivity index (χ1) is 8.35. The monoisotopic (exact) mass is 290 g/mol. The summed E-state index contributed by atoms with van der Waals surface area (Å²) >= 11 is 1.22. The van der Waals surface area contributed by atoms with E-state index in [1.807, 2.05) is 13.8 Å². The van der Waals surface area contributed by atoms with Gasteiger partial charge in [-0.05, 0) is 30.9 Å². The summed E-state index contributed by atoms with van der Waals surface area (Å²) in [6.45, 7) is 5.37. The Morgan fingerprint density at radius 3 is 2.83 bits per heavy atom. The van der Waals surface area contributed by atoms with E-state index in [0.29, 0.717) is 30.5 Å². The van der Waals surface area contributed by atoms with Crippen molar-refractivity contribution in [3.8, 4) is 0 Å². The summed E-state index contributed by atoms with van der Waals surface area (Å²) in [6.07, 6.45) is 0. The van der Waals surface area contributed by atoms with Crippen molar-refractivity contribution in [1.82, 2.24) is 4.31 Å². The lowest BCUT2D eigenvalue weighted by atomic mass is 10.1. The molecule has 0 atom stereocenters. The number of morpholine rings is 1. The molecule has 1 aromatic rings. The number of rotatable bonds is 3. The molecule has 0 saturated carbocycles. The summed E-state index contributed by atoms with van der Waals surface area (Å²) in [4.78, 5) is 0. The fourth-order valence-corrected chi connectivity index (χ4v) is 4.85. The van der Waals surface area contributed by atoms with Gasteiger partial charge in [0.1, 0.15) is 4.21 Å². The van der Waals surface area contributed by atoms with Gasteiger partial charge in [-0.15, -0.1) is 11.3 Å². The van der Waals surface area contributed by atoms with Gasteiger partial charge < -0.3 is 10.5 Å². The van der Waals surface area contributed by atoms with E-state index in [1.54, 1.807) is 11.4 Å². The topological polar surface area (TPSA) is 72.6 Å². The largest absolute Gasteiger partial charge is 0.373 e. The van der Waals surface area contributed by atoms with Crippen LogP contribution in [-0.2, 0) is 21.3 Å². The number of thiophene rings is 1. The summed E-state index contributed by atoms with van der Waals surface area (Å²) in [6, 6.07) is 1.66. The molecule has 0 spiro atoms. The van der Waals surface area contributed by atoms with Crippen molar-refractivity contribution in [2.45, 2.75) is 30.2 Å². The van der Waals surface area contributed by atoms with Crippen LogP contribution in [0.3, 0.4) is 0 Å². The Balaban J connectivity index is 2.25. The Labute approximate surface area is 112 Å². The number of hydrogen-bond donors (Lipinski definition) is 1. The van der Waals surface area contributed by atoms with E-state index in [0.717, 1.165) is 5.56 Å². The van der Waals surface area contributed by atoms with Crippen LogP contribution >= 0.6 is 11.3 Å². The molecule has 2 rings (SSSR count). The average molecular weight is 290 g/mol. The quantitative estimate of drug-likeness (QED) is 0.901. The van der Waals surface area contributed by atoms with Crippen LogP contribution in [0.2, 0.25) is 0 Å². The minimum atomic E-state index is -3.41. The average Bonchev–Trinajstić information content (AvgIpc) is 2.76. The molecule has 0 unspecified atom stereocenters. The zero-order valence-corrected chi connectivity index (χ0v) is 12.2. The van der Waals surface area contributed by atoms with Gasteiger partial charge in [0.05, 0.1) is 12.2 Å². The van der Waals surface area contributed by atoms with Gasteiger partial charge >= 0.3 is 0 Å². The molecule has 0 aliphatic carbocycles. The Kier molecular flexibility index (Phi) is 3.80. The molecule has 18 heavy (non-hydrogen) atoms. The summed E-state index contributed by atoms with van der Waals surface area (Å²) < 4.78 is 32.3. The molecule has 0 radical (unpaired) electrons. The third-order valence-electron chi connectivity index (χ3n) is 2.85. The second-order valence-corrected chi connectivity index (χ2v) is 8.00. The molecule has 1 aliphatic heterocycles. The maximum atomic E-state index is 12.4. The van der Waals surface area contributed by atoms with Crippen LogP contribution in [0.1, 0.15) is 19.4 Å². The second-order valence-electron chi connectivity index (χ2n) is 4.92. The molecule has 102 valence electrons. The van der Waals surface area contributed by atoms with E-state index >= 15 is 0 Å². The maximum Gasteiger partial charge on any atom is 0.252 e. The maximum absolute atomic E-state index is 12.4. The van der Waals surface area contributed by atoms with Crippen molar-refractivity contribution in [1.29, 1.82) is 0 Å². The first-order valence-electron chi connectivity index (χ1n) is 5.77. The van der Waals surface area contributed by atoms with Gasteiger partial charge in [-0.2, -0.15) is 4.31 Å². The molecule has 5 nitrogen and oxygen atoms in total. The number of sulfonamides is 1. The van der Waals surface area contributed by atoms with Crippen molar-refractivity contribution in [3.05, 3.63) is 17.0 Å². The zero-order valence-electron chi connectivity index (χ0n) is 10.5. The molecule has 1 aromatic heterocycles. The highest BCUT2D eigenvalue weighted by Gasteiger charge is 2.35. The summed E-state index contributed by atoms with van der Waals surface area (Å²) in [7, 11) is -3.41. The molecular formula is C11H18N2O3S2.